The zero-order valence-corrected chi connectivity index (χ0v) is 11.0. The number of anilines is 1. The third-order valence-corrected chi connectivity index (χ3v) is 3.19. The number of carbonyl (C=O) groups is 2. The molecule has 1 aliphatic heterocycles. The van der Waals surface area contributed by atoms with Gasteiger partial charge in [0.15, 0.2) is 6.10 Å². The van der Waals surface area contributed by atoms with Gasteiger partial charge >= 0.3 is 6.03 Å². The molecular weight excluding hydrogens is 279 g/mol. The van der Waals surface area contributed by atoms with Crippen molar-refractivity contribution in [2.45, 2.75) is 19.4 Å². The Morgan fingerprint density at radius 2 is 2.06 bits per heavy atom. The van der Waals surface area contributed by atoms with E-state index in [1.54, 1.807) is 19.1 Å². The molecule has 7 heteroatoms. The highest BCUT2D eigenvalue weighted by atomic mass is 35.5. The largest absolute Gasteiger partial charge is 0.352 e. The topological polar surface area (TPSA) is 58.6 Å². The van der Waals surface area contributed by atoms with E-state index in [4.69, 9.17) is 28.0 Å². The quantitative estimate of drug-likeness (QED) is 0.910. The summed E-state index contributed by atoms with van der Waals surface area (Å²) < 4.78 is 0. The Morgan fingerprint density at radius 3 is 2.67 bits per heavy atom. The average Bonchev–Trinajstić information content (AvgIpc) is 2.33. The molecule has 1 atom stereocenters. The molecule has 1 aromatic rings. The molecule has 1 aromatic carbocycles. The summed E-state index contributed by atoms with van der Waals surface area (Å²) in [6.45, 7) is 1.78. The van der Waals surface area contributed by atoms with Gasteiger partial charge in [0.25, 0.3) is 5.91 Å². The maximum atomic E-state index is 11.7. The normalized spacial score (nSPS) is 19.9. The van der Waals surface area contributed by atoms with Crippen LogP contribution in [0.3, 0.4) is 0 Å². The molecule has 1 aliphatic rings. The lowest BCUT2D eigenvalue weighted by atomic mass is 10.2. The number of halogens is 2. The van der Waals surface area contributed by atoms with Crippen LogP contribution in [-0.4, -0.2) is 18.0 Å². The van der Waals surface area contributed by atoms with Gasteiger partial charge in [0.1, 0.15) is 0 Å². The number of hydroxylamine groups is 1. The lowest BCUT2D eigenvalue weighted by molar-refractivity contribution is -0.135. The summed E-state index contributed by atoms with van der Waals surface area (Å²) in [5.41, 5.74) is 0.410. The number of amides is 3. The second-order valence-electron chi connectivity index (χ2n) is 3.69. The highest BCUT2D eigenvalue weighted by Crippen LogP contribution is 2.28. The third kappa shape index (κ3) is 2.43. The average molecular weight is 289 g/mol. The molecule has 0 bridgehead atoms. The van der Waals surface area contributed by atoms with Crippen LogP contribution in [0.15, 0.2) is 18.2 Å². The van der Waals surface area contributed by atoms with Crippen LogP contribution in [0, 0.1) is 0 Å². The molecule has 1 unspecified atom stereocenters. The van der Waals surface area contributed by atoms with E-state index in [0.29, 0.717) is 22.2 Å². The monoisotopic (exact) mass is 288 g/mol. The standard InChI is InChI=1S/C11H10Cl2N2O3/c1-2-9-10(16)14-11(17)15(18-9)6-3-4-7(12)8(13)5-6/h3-5,9H,2H2,1H3,(H,14,16,17). The Bertz CT molecular complexity index is 507. The first kappa shape index (κ1) is 13.1. The fourth-order valence-corrected chi connectivity index (χ4v) is 1.80. The lowest BCUT2D eigenvalue weighted by Gasteiger charge is -2.30. The number of nitrogens with one attached hydrogen (secondary N) is 1. The van der Waals surface area contributed by atoms with Gasteiger partial charge in [-0.15, -0.1) is 0 Å². The van der Waals surface area contributed by atoms with E-state index in [9.17, 15) is 9.59 Å². The molecule has 0 aromatic heterocycles. The van der Waals surface area contributed by atoms with Crippen molar-refractivity contribution < 1.29 is 14.4 Å². The van der Waals surface area contributed by atoms with Crippen molar-refractivity contribution >= 4 is 40.8 Å². The Morgan fingerprint density at radius 1 is 1.33 bits per heavy atom. The van der Waals surface area contributed by atoms with E-state index >= 15 is 0 Å². The van der Waals surface area contributed by atoms with Gasteiger partial charge in [-0.2, -0.15) is 5.06 Å². The second kappa shape index (κ2) is 5.14. The van der Waals surface area contributed by atoms with E-state index in [-0.39, 0.29) is 0 Å². The molecule has 5 nitrogen and oxygen atoms in total. The SMILES string of the molecule is CCC1ON(c2ccc(Cl)c(Cl)c2)C(=O)NC1=O. The summed E-state index contributed by atoms with van der Waals surface area (Å²) in [6, 6.07) is 3.97. The summed E-state index contributed by atoms with van der Waals surface area (Å²) >= 11 is 11.7. The molecule has 1 heterocycles. The van der Waals surface area contributed by atoms with Gasteiger partial charge in [0, 0.05) is 0 Å². The van der Waals surface area contributed by atoms with Crippen molar-refractivity contribution in [2.24, 2.45) is 0 Å². The van der Waals surface area contributed by atoms with E-state index in [2.05, 4.69) is 5.32 Å². The van der Waals surface area contributed by atoms with Crippen LogP contribution in [0.4, 0.5) is 10.5 Å². The molecule has 3 amide bonds. The summed E-state index contributed by atoms with van der Waals surface area (Å²) in [7, 11) is 0. The maximum Gasteiger partial charge on any atom is 0.352 e. The van der Waals surface area contributed by atoms with Crippen molar-refractivity contribution in [3.05, 3.63) is 28.2 Å². The molecule has 1 N–H and O–H groups in total. The minimum Gasteiger partial charge on any atom is -0.273 e. The molecule has 0 saturated carbocycles. The molecule has 0 radical (unpaired) electrons. The van der Waals surface area contributed by atoms with Crippen molar-refractivity contribution in [1.82, 2.24) is 5.32 Å². The number of hydrogen-bond donors (Lipinski definition) is 1. The van der Waals surface area contributed by atoms with Gasteiger partial charge in [0.05, 0.1) is 15.7 Å². The van der Waals surface area contributed by atoms with Crippen LogP contribution in [0.1, 0.15) is 13.3 Å². The predicted octanol–water partition coefficient (Wildman–Crippen LogP) is 2.76. The molecule has 1 saturated heterocycles. The molecule has 96 valence electrons. The zero-order valence-electron chi connectivity index (χ0n) is 9.44. The van der Waals surface area contributed by atoms with Crippen LogP contribution in [0.25, 0.3) is 0 Å². The fourth-order valence-electron chi connectivity index (χ4n) is 1.51. The molecule has 18 heavy (non-hydrogen) atoms. The highest BCUT2D eigenvalue weighted by molar-refractivity contribution is 6.42. The molecule has 0 spiro atoms. The smallest absolute Gasteiger partial charge is 0.273 e. The van der Waals surface area contributed by atoms with Gasteiger partial charge in [-0.25, -0.2) is 4.79 Å². The first-order valence-electron chi connectivity index (χ1n) is 5.29. The first-order valence-corrected chi connectivity index (χ1v) is 6.05. The van der Waals surface area contributed by atoms with Gasteiger partial charge in [0.2, 0.25) is 0 Å². The lowest BCUT2D eigenvalue weighted by Crippen LogP contribution is -2.55. The van der Waals surface area contributed by atoms with Crippen LogP contribution in [0.2, 0.25) is 10.0 Å². The Hall–Kier alpha value is -1.30. The van der Waals surface area contributed by atoms with Crippen LogP contribution in [-0.2, 0) is 9.63 Å². The Kier molecular flexibility index (Phi) is 3.75. The van der Waals surface area contributed by atoms with Gasteiger partial charge < -0.3 is 0 Å². The molecule has 0 aliphatic carbocycles. The predicted molar refractivity (Wildman–Crippen MR) is 67.6 cm³/mol. The summed E-state index contributed by atoms with van der Waals surface area (Å²) in [4.78, 5) is 28.4. The number of imide groups is 1. The highest BCUT2D eigenvalue weighted by Gasteiger charge is 2.33. The first-order chi connectivity index (χ1) is 8.52. The fraction of sp³-hybridized carbons (Fsp3) is 0.273. The van der Waals surface area contributed by atoms with Crippen LogP contribution >= 0.6 is 23.2 Å². The summed E-state index contributed by atoms with van der Waals surface area (Å²) in [5, 5.41) is 3.89. The number of nitrogens with zero attached hydrogens (tertiary/aromatic N) is 1. The summed E-state index contributed by atoms with van der Waals surface area (Å²) in [6.07, 6.45) is -0.242. The Balaban J connectivity index is 2.28. The van der Waals surface area contributed by atoms with Crippen LogP contribution < -0.4 is 10.4 Å². The number of benzene rings is 1. The number of urea groups is 1. The van der Waals surface area contributed by atoms with Gasteiger partial charge in [-0.1, -0.05) is 30.1 Å². The number of hydrogen-bond acceptors (Lipinski definition) is 3. The van der Waals surface area contributed by atoms with Gasteiger partial charge in [-0.05, 0) is 24.6 Å². The van der Waals surface area contributed by atoms with Crippen molar-refractivity contribution in [3.63, 3.8) is 0 Å². The number of carbonyl (C=O) groups excluding carboxylic acids is 2. The van der Waals surface area contributed by atoms with Crippen molar-refractivity contribution in [2.75, 3.05) is 5.06 Å². The van der Waals surface area contributed by atoms with E-state index in [1.807, 2.05) is 0 Å². The van der Waals surface area contributed by atoms with Crippen molar-refractivity contribution in [3.8, 4) is 0 Å². The third-order valence-electron chi connectivity index (χ3n) is 2.45. The van der Waals surface area contributed by atoms with E-state index < -0.39 is 18.0 Å². The Labute approximate surface area is 114 Å². The van der Waals surface area contributed by atoms with Crippen molar-refractivity contribution in [1.29, 1.82) is 0 Å². The molecule has 1 fully saturated rings. The summed E-state index contributed by atoms with van der Waals surface area (Å²) in [5.74, 6) is -0.446. The zero-order chi connectivity index (χ0) is 13.3. The maximum absolute atomic E-state index is 11.7. The number of rotatable bonds is 2. The van der Waals surface area contributed by atoms with Crippen LogP contribution in [0.5, 0.6) is 0 Å². The molecular formula is C11H10Cl2N2O3. The van der Waals surface area contributed by atoms with E-state index in [1.165, 1.54) is 6.07 Å². The van der Waals surface area contributed by atoms with Gasteiger partial charge in [-0.3, -0.25) is 14.9 Å². The molecule has 2 rings (SSSR count). The minimum atomic E-state index is -0.697. The minimum absolute atomic E-state index is 0.301. The van der Waals surface area contributed by atoms with E-state index in [0.717, 1.165) is 5.06 Å². The second-order valence-corrected chi connectivity index (χ2v) is 4.50.